The molecule has 0 unspecified atom stereocenters. The Hall–Kier alpha value is -5.61. The molecule has 10 heterocycles. The number of nitrogen functional groups attached to an aromatic ring is 1. The molecule has 0 aromatic carbocycles. The normalized spacial score (nSPS) is 14.2. The third kappa shape index (κ3) is 12.3. The number of likely N-dealkylation sites (tertiary alicyclic amines) is 2. The van der Waals surface area contributed by atoms with Crippen LogP contribution < -0.4 is 11.1 Å². The summed E-state index contributed by atoms with van der Waals surface area (Å²) in [6.07, 6.45) is 19.3. The summed E-state index contributed by atoms with van der Waals surface area (Å²) in [7, 11) is 0. The van der Waals surface area contributed by atoms with E-state index in [1.54, 1.807) is 6.07 Å². The van der Waals surface area contributed by atoms with Gasteiger partial charge in [-0.3, -0.25) is 19.3 Å². The SMILES string of the molecule is Clc1ccc2ncc(-c3cnn(CCCN4CCCC4)c3)cc2n1.Nc1nnc(CO)s1.OCc1nnc(Nc2ccc3ncc(-c4cnn(CCCN5CCCC5)c4)cc3n2)s1. The minimum atomic E-state index is -0.121. The van der Waals surface area contributed by atoms with Gasteiger partial charge in [0.25, 0.3) is 0 Å². The Bertz CT molecular complexity index is 2690. The van der Waals surface area contributed by atoms with E-state index in [0.717, 1.165) is 83.3 Å². The summed E-state index contributed by atoms with van der Waals surface area (Å²) < 4.78 is 4.02. The first-order valence-electron chi connectivity index (χ1n) is 21.0. The maximum absolute atomic E-state index is 9.14. The van der Waals surface area contributed by atoms with E-state index in [0.29, 0.717) is 31.2 Å². The maximum Gasteiger partial charge on any atom is 0.211 e. The van der Waals surface area contributed by atoms with Crippen molar-refractivity contribution >= 4 is 72.4 Å². The fourth-order valence-corrected chi connectivity index (χ4v) is 8.61. The number of aromatic nitrogens is 12. The van der Waals surface area contributed by atoms with Gasteiger partial charge in [-0.15, -0.1) is 20.4 Å². The van der Waals surface area contributed by atoms with Gasteiger partial charge in [0.15, 0.2) is 0 Å². The Balaban J connectivity index is 0.000000150. The topological polar surface area (TPSA) is 224 Å². The first-order chi connectivity index (χ1) is 30.9. The van der Waals surface area contributed by atoms with Crippen LogP contribution in [-0.2, 0) is 26.3 Å². The number of rotatable bonds is 14. The smallest absolute Gasteiger partial charge is 0.211 e. The summed E-state index contributed by atoms with van der Waals surface area (Å²) >= 11 is 8.46. The first kappa shape index (κ1) is 44.0. The summed E-state index contributed by atoms with van der Waals surface area (Å²) in [6, 6.07) is 11.5. The molecule has 0 aliphatic carbocycles. The van der Waals surface area contributed by atoms with Crippen LogP contribution in [-0.4, -0.2) is 119 Å². The number of anilines is 3. The predicted octanol–water partition coefficient (Wildman–Crippen LogP) is 6.31. The van der Waals surface area contributed by atoms with E-state index in [9.17, 15) is 0 Å². The fourth-order valence-electron chi connectivity index (χ4n) is 7.38. The Morgan fingerprint density at radius 1 is 0.603 bits per heavy atom. The average molecular weight is 910 g/mol. The number of pyridine rings is 4. The minimum Gasteiger partial charge on any atom is -0.389 e. The molecule has 2 aliphatic rings. The van der Waals surface area contributed by atoms with E-state index in [1.165, 1.54) is 74.5 Å². The number of aryl methyl sites for hydroxylation is 2. The van der Waals surface area contributed by atoms with Gasteiger partial charge in [-0.1, -0.05) is 34.3 Å². The molecule has 5 N–H and O–H groups in total. The van der Waals surface area contributed by atoms with Gasteiger partial charge in [0.2, 0.25) is 10.3 Å². The van der Waals surface area contributed by atoms with Crippen molar-refractivity contribution in [1.82, 2.24) is 69.7 Å². The van der Waals surface area contributed by atoms with Gasteiger partial charge in [-0.05, 0) is 114 Å². The number of aliphatic hydroxyl groups excluding tert-OH is 2. The van der Waals surface area contributed by atoms with E-state index >= 15 is 0 Å². The molecule has 2 fully saturated rings. The van der Waals surface area contributed by atoms with Crippen LogP contribution in [0.4, 0.5) is 16.1 Å². The summed E-state index contributed by atoms with van der Waals surface area (Å²) in [5, 5.41) is 47.2. The molecule has 0 bridgehead atoms. The minimum absolute atomic E-state index is 0.0745. The number of halogens is 1. The Labute approximate surface area is 376 Å². The number of aliphatic hydroxyl groups is 2. The van der Waals surface area contributed by atoms with Crippen molar-refractivity contribution in [3.05, 3.63) is 88.7 Å². The van der Waals surface area contributed by atoms with Crippen molar-refractivity contribution in [2.24, 2.45) is 0 Å². The second-order valence-corrected chi connectivity index (χ2v) is 17.7. The number of nitrogens with zero attached hydrogens (tertiary/aromatic N) is 14. The van der Waals surface area contributed by atoms with E-state index in [-0.39, 0.29) is 13.2 Å². The predicted molar refractivity (Wildman–Crippen MR) is 246 cm³/mol. The summed E-state index contributed by atoms with van der Waals surface area (Å²) in [4.78, 5) is 23.1. The van der Waals surface area contributed by atoms with Crippen LogP contribution in [0.25, 0.3) is 44.3 Å². The molecule has 10 rings (SSSR count). The zero-order chi connectivity index (χ0) is 43.4. The molecule has 0 amide bonds. The van der Waals surface area contributed by atoms with Crippen molar-refractivity contribution in [3.63, 3.8) is 0 Å². The standard InChI is InChI=1S/C21H24N8OS.C18H20ClN5.C3H5N3OS/c30-14-20-26-27-21(31-20)25-19-5-4-17-18(24-19)10-15(11-22-17)16-12-23-29(13-16)9-3-8-28-6-1-2-7-28;19-18-5-4-16-17(22-18)10-14(11-20-16)15-12-21-24(13-15)9-3-8-23-6-1-2-7-23;4-3-6-5-2(1-7)8-3/h4-5,10-13,30H,1-3,6-9,14H2,(H,24,25,27);4-5,10-13H,1-3,6-9H2;7H,1H2,(H2,4,6). The molecular formula is C42H49ClN16O2S2. The van der Waals surface area contributed by atoms with Crippen LogP contribution in [0.1, 0.15) is 48.5 Å². The molecule has 21 heteroatoms. The van der Waals surface area contributed by atoms with Crippen molar-refractivity contribution in [2.75, 3.05) is 50.3 Å². The highest BCUT2D eigenvalue weighted by molar-refractivity contribution is 7.15. The fraction of sp³-hybridized carbons (Fsp3) is 0.381. The molecular weight excluding hydrogens is 860 g/mol. The zero-order valence-corrected chi connectivity index (χ0v) is 37.1. The van der Waals surface area contributed by atoms with Gasteiger partial charge in [-0.25, -0.2) is 9.97 Å². The highest BCUT2D eigenvalue weighted by Crippen LogP contribution is 2.26. The first-order valence-corrected chi connectivity index (χ1v) is 23.0. The van der Waals surface area contributed by atoms with Crippen LogP contribution in [0, 0.1) is 0 Å². The molecule has 63 heavy (non-hydrogen) atoms. The van der Waals surface area contributed by atoms with Gasteiger partial charge in [-0.2, -0.15) is 10.2 Å². The number of fused-ring (bicyclic) bond motifs is 2. The number of hydrogen-bond acceptors (Lipinski definition) is 18. The molecule has 0 radical (unpaired) electrons. The summed E-state index contributed by atoms with van der Waals surface area (Å²) in [5.74, 6) is 0.657. The largest absolute Gasteiger partial charge is 0.389 e. The second kappa shape index (κ2) is 21.7. The quantitative estimate of drug-likeness (QED) is 0.0878. The number of hydrogen-bond donors (Lipinski definition) is 4. The monoisotopic (exact) mass is 908 g/mol. The lowest BCUT2D eigenvalue weighted by molar-refractivity contribution is 0.280. The molecule has 2 saturated heterocycles. The zero-order valence-electron chi connectivity index (χ0n) is 34.7. The van der Waals surface area contributed by atoms with Gasteiger partial charge in [0.05, 0.1) is 47.7 Å². The molecule has 0 atom stereocenters. The van der Waals surface area contributed by atoms with Crippen molar-refractivity contribution < 1.29 is 10.2 Å². The molecule has 0 saturated carbocycles. The van der Waals surface area contributed by atoms with Gasteiger partial charge in [0, 0.05) is 60.1 Å². The van der Waals surface area contributed by atoms with Gasteiger partial charge in [0.1, 0.15) is 21.0 Å². The molecule has 328 valence electrons. The lowest BCUT2D eigenvalue weighted by Crippen LogP contribution is -2.21. The third-order valence-electron chi connectivity index (χ3n) is 10.5. The van der Waals surface area contributed by atoms with Gasteiger partial charge >= 0.3 is 0 Å². The Kier molecular flexibility index (Phi) is 15.1. The highest BCUT2D eigenvalue weighted by atomic mass is 35.5. The van der Waals surface area contributed by atoms with Crippen LogP contribution in [0.5, 0.6) is 0 Å². The van der Waals surface area contributed by atoms with Crippen LogP contribution in [0.3, 0.4) is 0 Å². The van der Waals surface area contributed by atoms with Crippen LogP contribution >= 0.6 is 34.3 Å². The molecule has 2 aliphatic heterocycles. The van der Waals surface area contributed by atoms with Crippen molar-refractivity contribution in [2.45, 2.75) is 64.8 Å². The molecule has 8 aromatic heterocycles. The highest BCUT2D eigenvalue weighted by Gasteiger charge is 2.13. The summed E-state index contributed by atoms with van der Waals surface area (Å²) in [5.41, 5.74) is 12.6. The maximum atomic E-state index is 9.14. The van der Waals surface area contributed by atoms with E-state index in [2.05, 4.69) is 78.0 Å². The molecule has 0 spiro atoms. The van der Waals surface area contributed by atoms with E-state index < -0.39 is 0 Å². The van der Waals surface area contributed by atoms with Crippen LogP contribution in [0.2, 0.25) is 5.15 Å². The molecule has 18 nitrogen and oxygen atoms in total. The van der Waals surface area contributed by atoms with E-state index in [4.69, 9.17) is 27.5 Å². The number of nitrogens with two attached hydrogens (primary N) is 1. The molecule has 8 aromatic rings. The Morgan fingerprint density at radius 2 is 1.14 bits per heavy atom. The summed E-state index contributed by atoms with van der Waals surface area (Å²) in [6.45, 7) is 8.94. The third-order valence-corrected chi connectivity index (χ3v) is 12.3. The van der Waals surface area contributed by atoms with Crippen LogP contribution in [0.15, 0.2) is 73.6 Å². The van der Waals surface area contributed by atoms with Gasteiger partial charge < -0.3 is 31.1 Å². The average Bonchev–Trinajstić information content (AvgIpc) is 4.17. The lowest BCUT2D eigenvalue weighted by atomic mass is 10.1. The van der Waals surface area contributed by atoms with Crippen molar-refractivity contribution in [1.29, 1.82) is 0 Å². The second-order valence-electron chi connectivity index (χ2n) is 15.1. The van der Waals surface area contributed by atoms with E-state index in [1.807, 2.05) is 64.5 Å². The Morgan fingerprint density at radius 3 is 1.67 bits per heavy atom. The number of nitrogens with one attached hydrogen (secondary N) is 1. The lowest BCUT2D eigenvalue weighted by Gasteiger charge is -2.13. The van der Waals surface area contributed by atoms with Crippen molar-refractivity contribution in [3.8, 4) is 22.3 Å².